The third-order valence-electron chi connectivity index (χ3n) is 2.75. The van der Waals surface area contributed by atoms with Crippen molar-refractivity contribution < 1.29 is 4.79 Å². The van der Waals surface area contributed by atoms with Crippen LogP contribution in [-0.2, 0) is 4.79 Å². The number of Topliss-reactive ketones (excluding diaryl/α,β-unsaturated/α-hetero) is 1. The Balaban J connectivity index is 3.27. The van der Waals surface area contributed by atoms with Crippen molar-refractivity contribution >= 4 is 56.5 Å². The highest BCUT2D eigenvalue weighted by Gasteiger charge is 2.23. The van der Waals surface area contributed by atoms with Gasteiger partial charge in [0.15, 0.2) is 3.79 Å². The van der Waals surface area contributed by atoms with Crippen LogP contribution in [0, 0.1) is 0 Å². The summed E-state index contributed by atoms with van der Waals surface area (Å²) in [6, 6.07) is 0. The zero-order chi connectivity index (χ0) is 14.0. The molecule has 0 aliphatic carbocycles. The maximum Gasteiger partial charge on any atom is 0.191 e. The van der Waals surface area contributed by atoms with E-state index in [0.29, 0.717) is 12.2 Å². The number of carbonyl (C=O) groups is 1. The van der Waals surface area contributed by atoms with E-state index in [1.165, 1.54) is 19.3 Å². The molecule has 108 valence electrons. The average Bonchev–Trinajstić information content (AvgIpc) is 2.18. The third-order valence-corrected chi connectivity index (χ3v) is 3.99. The summed E-state index contributed by atoms with van der Waals surface area (Å²) < 4.78 is -1.15. The van der Waals surface area contributed by atoms with Gasteiger partial charge in [-0.15, -0.1) is 0 Å². The molecule has 0 amide bonds. The number of alkyl halides is 4. The van der Waals surface area contributed by atoms with Crippen LogP contribution in [0.5, 0.6) is 0 Å². The largest absolute Gasteiger partial charge is 0.300 e. The minimum absolute atomic E-state index is 0.280. The van der Waals surface area contributed by atoms with Crippen LogP contribution in [0.3, 0.4) is 0 Å². The molecular weight excluding hydrogens is 358 g/mol. The maximum absolute atomic E-state index is 10.7. The molecule has 0 fully saturated rings. The highest BCUT2D eigenvalue weighted by atomic mass is 79.9. The summed E-state index contributed by atoms with van der Waals surface area (Å²) >= 11 is 20.7. The molecular formula is C13H22BrCl3O. The van der Waals surface area contributed by atoms with Crippen molar-refractivity contribution in [1.29, 1.82) is 0 Å². The molecule has 5 heteroatoms. The normalized spacial score (nSPS) is 13.6. The quantitative estimate of drug-likeness (QED) is 0.325. The van der Waals surface area contributed by atoms with E-state index in [9.17, 15) is 4.79 Å². The molecule has 1 atom stereocenters. The number of unbranched alkanes of at least 4 members (excludes halogenated alkanes) is 5. The van der Waals surface area contributed by atoms with Crippen molar-refractivity contribution in [3.05, 3.63) is 0 Å². The van der Waals surface area contributed by atoms with Gasteiger partial charge >= 0.3 is 0 Å². The van der Waals surface area contributed by atoms with Crippen LogP contribution in [-0.4, -0.2) is 14.4 Å². The van der Waals surface area contributed by atoms with Crippen molar-refractivity contribution in [2.24, 2.45) is 0 Å². The van der Waals surface area contributed by atoms with Gasteiger partial charge in [0.25, 0.3) is 0 Å². The molecule has 0 aromatic carbocycles. The van der Waals surface area contributed by atoms with Gasteiger partial charge in [0.2, 0.25) is 0 Å². The molecule has 0 spiro atoms. The number of ketones is 1. The second-order valence-corrected chi connectivity index (χ2v) is 8.59. The molecule has 18 heavy (non-hydrogen) atoms. The first-order valence-corrected chi connectivity index (χ1v) is 8.56. The molecule has 0 saturated carbocycles. The first kappa shape index (κ1) is 19.0. The van der Waals surface area contributed by atoms with Gasteiger partial charge in [-0.25, -0.2) is 0 Å². The van der Waals surface area contributed by atoms with Gasteiger partial charge in [-0.3, -0.25) is 0 Å². The lowest BCUT2D eigenvalue weighted by Gasteiger charge is -2.15. The Labute approximate surface area is 134 Å². The fraction of sp³-hybridized carbons (Fsp3) is 0.923. The van der Waals surface area contributed by atoms with E-state index >= 15 is 0 Å². The number of hydrogen-bond acceptors (Lipinski definition) is 1. The first-order valence-electron chi connectivity index (χ1n) is 6.51. The Morgan fingerprint density at radius 2 is 1.56 bits per heavy atom. The SMILES string of the molecule is CC(=O)CCCCCCCCC(Br)CC(Cl)(Cl)Cl. The van der Waals surface area contributed by atoms with Gasteiger partial charge in [-0.2, -0.15) is 0 Å². The Morgan fingerprint density at radius 1 is 1.06 bits per heavy atom. The number of rotatable bonds is 10. The molecule has 0 aromatic rings. The molecule has 1 nitrogen and oxygen atoms in total. The van der Waals surface area contributed by atoms with Crippen molar-refractivity contribution in [3.63, 3.8) is 0 Å². The van der Waals surface area contributed by atoms with Gasteiger partial charge in [-0.1, -0.05) is 82.8 Å². The lowest BCUT2D eigenvalue weighted by Crippen LogP contribution is -2.11. The predicted molar refractivity (Wildman–Crippen MR) is 85.2 cm³/mol. The van der Waals surface area contributed by atoms with Crippen LogP contribution in [0.1, 0.15) is 64.7 Å². The number of halogens is 4. The fourth-order valence-electron chi connectivity index (χ4n) is 1.80. The van der Waals surface area contributed by atoms with Gasteiger partial charge in [0.1, 0.15) is 5.78 Å². The summed E-state index contributed by atoms with van der Waals surface area (Å²) in [5.74, 6) is 0.295. The zero-order valence-electron chi connectivity index (χ0n) is 10.9. The Hall–Kier alpha value is 1.02. The minimum Gasteiger partial charge on any atom is -0.300 e. The fourth-order valence-corrected chi connectivity index (χ4v) is 3.73. The molecule has 0 heterocycles. The number of carbonyl (C=O) groups excluding carboxylic acids is 1. The molecule has 0 aromatic heterocycles. The zero-order valence-corrected chi connectivity index (χ0v) is 14.7. The van der Waals surface area contributed by atoms with Gasteiger partial charge < -0.3 is 4.79 Å². The molecule has 0 bridgehead atoms. The molecule has 0 N–H and O–H groups in total. The monoisotopic (exact) mass is 378 g/mol. The summed E-state index contributed by atoms with van der Waals surface area (Å²) in [6.45, 7) is 1.65. The third kappa shape index (κ3) is 15.1. The van der Waals surface area contributed by atoms with E-state index in [1.54, 1.807) is 6.92 Å². The Morgan fingerprint density at radius 3 is 2.06 bits per heavy atom. The van der Waals surface area contributed by atoms with Crippen LogP contribution in [0.4, 0.5) is 0 Å². The van der Waals surface area contributed by atoms with Crippen molar-refractivity contribution in [1.82, 2.24) is 0 Å². The summed E-state index contributed by atoms with van der Waals surface area (Å²) in [6.07, 6.45) is 9.32. The molecule has 0 aliphatic heterocycles. The van der Waals surface area contributed by atoms with E-state index < -0.39 is 3.79 Å². The Kier molecular flexibility index (Phi) is 11.4. The second kappa shape index (κ2) is 10.8. The molecule has 0 aliphatic rings. The van der Waals surface area contributed by atoms with Crippen LogP contribution >= 0.6 is 50.7 Å². The van der Waals surface area contributed by atoms with Crippen LogP contribution in [0.2, 0.25) is 0 Å². The van der Waals surface area contributed by atoms with Gasteiger partial charge in [-0.05, 0) is 19.8 Å². The Bertz CT molecular complexity index is 229. The van der Waals surface area contributed by atoms with Crippen LogP contribution in [0.25, 0.3) is 0 Å². The van der Waals surface area contributed by atoms with Crippen LogP contribution < -0.4 is 0 Å². The highest BCUT2D eigenvalue weighted by Crippen LogP contribution is 2.34. The smallest absolute Gasteiger partial charge is 0.191 e. The summed E-state index contributed by atoms with van der Waals surface area (Å²) in [7, 11) is 0. The van der Waals surface area contributed by atoms with Crippen molar-refractivity contribution in [3.8, 4) is 0 Å². The van der Waals surface area contributed by atoms with Crippen molar-refractivity contribution in [2.45, 2.75) is 73.3 Å². The van der Waals surface area contributed by atoms with E-state index in [-0.39, 0.29) is 4.83 Å². The van der Waals surface area contributed by atoms with Crippen molar-refractivity contribution in [2.75, 3.05) is 0 Å². The van der Waals surface area contributed by atoms with Gasteiger partial charge in [0, 0.05) is 17.7 Å². The predicted octanol–water partition coefficient (Wildman–Crippen LogP) is 6.22. The summed E-state index contributed by atoms with van der Waals surface area (Å²) in [5, 5.41) is 0. The molecule has 1 unspecified atom stereocenters. The molecule has 0 rings (SSSR count). The lowest BCUT2D eigenvalue weighted by atomic mass is 10.1. The average molecular weight is 381 g/mol. The van der Waals surface area contributed by atoms with Crippen LogP contribution in [0.15, 0.2) is 0 Å². The molecule has 0 saturated heterocycles. The topological polar surface area (TPSA) is 17.1 Å². The van der Waals surface area contributed by atoms with E-state index in [4.69, 9.17) is 34.8 Å². The minimum atomic E-state index is -1.15. The standard InChI is InChI=1S/C13H22BrCl3O/c1-11(18)8-6-4-2-3-5-7-9-12(14)10-13(15,16)17/h12H,2-10H2,1H3. The highest BCUT2D eigenvalue weighted by molar-refractivity contribution is 9.09. The summed E-state index contributed by atoms with van der Waals surface area (Å²) in [4.78, 5) is 11.0. The second-order valence-electron chi connectivity index (χ2n) is 4.78. The van der Waals surface area contributed by atoms with Gasteiger partial charge in [0.05, 0.1) is 0 Å². The lowest BCUT2D eigenvalue weighted by molar-refractivity contribution is -0.117. The first-order chi connectivity index (χ1) is 8.31. The number of hydrogen-bond donors (Lipinski definition) is 0. The molecule has 0 radical (unpaired) electrons. The van der Waals surface area contributed by atoms with E-state index in [2.05, 4.69) is 15.9 Å². The maximum atomic E-state index is 10.7. The van der Waals surface area contributed by atoms with E-state index in [1.807, 2.05) is 0 Å². The summed E-state index contributed by atoms with van der Waals surface area (Å²) in [5.41, 5.74) is 0. The van der Waals surface area contributed by atoms with E-state index in [0.717, 1.165) is 32.1 Å².